The highest BCUT2D eigenvalue weighted by Crippen LogP contribution is 2.23. The van der Waals surface area contributed by atoms with Crippen LogP contribution in [0.25, 0.3) is 0 Å². The van der Waals surface area contributed by atoms with Crippen molar-refractivity contribution in [3.63, 3.8) is 0 Å². The largest absolute Gasteiger partial charge is 0.507 e. The predicted molar refractivity (Wildman–Crippen MR) is 114 cm³/mol. The molecule has 1 rings (SSSR count). The summed E-state index contributed by atoms with van der Waals surface area (Å²) in [6.45, 7) is 2.24. The van der Waals surface area contributed by atoms with Gasteiger partial charge in [-0.05, 0) is 50.2 Å². The number of rotatable bonds is 15. The minimum atomic E-state index is -1.05. The molecule has 0 unspecified atom stereocenters. The van der Waals surface area contributed by atoms with Gasteiger partial charge in [0.05, 0.1) is 0 Å². The van der Waals surface area contributed by atoms with Crippen molar-refractivity contribution >= 4 is 5.97 Å². The van der Waals surface area contributed by atoms with E-state index < -0.39 is 5.97 Å². The standard InChI is InChI=1S/C24H36O3/c1-2-3-4-5-6-7-8-9-10-11-12-13-14-15-16-18-21-19-17-20-22(25)23(21)24(26)27/h7-10,17,19-20,25H,2-6,11-16,18H2,1H3,(H,26,27). The fourth-order valence-corrected chi connectivity index (χ4v) is 3.19. The second-order valence-electron chi connectivity index (χ2n) is 7.13. The van der Waals surface area contributed by atoms with Crippen molar-refractivity contribution in [3.05, 3.63) is 53.6 Å². The molecule has 1 aromatic rings. The van der Waals surface area contributed by atoms with Crippen molar-refractivity contribution in [1.29, 1.82) is 0 Å². The molecule has 3 nitrogen and oxygen atoms in total. The number of carboxylic acids is 1. The molecule has 27 heavy (non-hydrogen) atoms. The molecule has 0 bridgehead atoms. The summed E-state index contributed by atoms with van der Waals surface area (Å²) in [6, 6.07) is 4.94. The van der Waals surface area contributed by atoms with Crippen molar-refractivity contribution in [2.24, 2.45) is 0 Å². The minimum absolute atomic E-state index is 0.0565. The van der Waals surface area contributed by atoms with Crippen LogP contribution in [-0.2, 0) is 6.42 Å². The van der Waals surface area contributed by atoms with Gasteiger partial charge in [0.15, 0.2) is 0 Å². The van der Waals surface area contributed by atoms with Crippen LogP contribution < -0.4 is 0 Å². The van der Waals surface area contributed by atoms with Gasteiger partial charge in [-0.25, -0.2) is 4.79 Å². The Labute approximate surface area is 164 Å². The molecule has 0 saturated carbocycles. The summed E-state index contributed by atoms with van der Waals surface area (Å²) in [5.41, 5.74) is 0.785. The van der Waals surface area contributed by atoms with E-state index in [0.717, 1.165) is 24.8 Å². The van der Waals surface area contributed by atoms with E-state index in [9.17, 15) is 15.0 Å². The summed E-state index contributed by atoms with van der Waals surface area (Å²) >= 11 is 0. The molecular weight excluding hydrogens is 336 g/mol. The summed E-state index contributed by atoms with van der Waals surface area (Å²) in [5.74, 6) is -1.19. The molecule has 3 heteroatoms. The van der Waals surface area contributed by atoms with E-state index in [1.165, 1.54) is 57.4 Å². The van der Waals surface area contributed by atoms with Gasteiger partial charge in [-0.3, -0.25) is 0 Å². The maximum Gasteiger partial charge on any atom is 0.339 e. The van der Waals surface area contributed by atoms with Crippen LogP contribution in [0.4, 0.5) is 0 Å². The zero-order chi connectivity index (χ0) is 19.7. The molecule has 0 amide bonds. The molecule has 0 aromatic heterocycles. The molecule has 0 aliphatic rings. The van der Waals surface area contributed by atoms with E-state index in [1.54, 1.807) is 12.1 Å². The first kappa shape index (κ1) is 23.0. The van der Waals surface area contributed by atoms with Crippen LogP contribution in [0, 0.1) is 0 Å². The van der Waals surface area contributed by atoms with Gasteiger partial charge in [-0.1, -0.05) is 81.9 Å². The summed E-state index contributed by atoms with van der Waals surface area (Å²) in [5, 5.41) is 18.9. The summed E-state index contributed by atoms with van der Waals surface area (Å²) in [7, 11) is 0. The van der Waals surface area contributed by atoms with Crippen molar-refractivity contribution in [2.75, 3.05) is 0 Å². The first-order valence-electron chi connectivity index (χ1n) is 10.5. The molecule has 150 valence electrons. The van der Waals surface area contributed by atoms with E-state index in [0.29, 0.717) is 6.42 Å². The van der Waals surface area contributed by atoms with Crippen molar-refractivity contribution in [2.45, 2.75) is 84.0 Å². The monoisotopic (exact) mass is 372 g/mol. The summed E-state index contributed by atoms with van der Waals surface area (Å²) < 4.78 is 0. The second-order valence-corrected chi connectivity index (χ2v) is 7.13. The van der Waals surface area contributed by atoms with Gasteiger partial charge in [0.1, 0.15) is 11.3 Å². The normalized spacial score (nSPS) is 11.6. The third-order valence-electron chi connectivity index (χ3n) is 4.77. The molecule has 0 saturated heterocycles. The Kier molecular flexibility index (Phi) is 12.8. The number of hydrogen-bond acceptors (Lipinski definition) is 2. The van der Waals surface area contributed by atoms with Crippen LogP contribution >= 0.6 is 0 Å². The molecule has 1 aromatic carbocycles. The number of unbranched alkanes of at least 4 members (excludes halogenated alkanes) is 9. The van der Waals surface area contributed by atoms with Crippen LogP contribution in [0.2, 0.25) is 0 Å². The lowest BCUT2D eigenvalue weighted by Crippen LogP contribution is -2.03. The molecule has 0 radical (unpaired) electrons. The van der Waals surface area contributed by atoms with E-state index in [2.05, 4.69) is 31.2 Å². The lowest BCUT2D eigenvalue weighted by atomic mass is 9.99. The maximum absolute atomic E-state index is 11.2. The van der Waals surface area contributed by atoms with E-state index >= 15 is 0 Å². The van der Waals surface area contributed by atoms with Crippen molar-refractivity contribution in [3.8, 4) is 5.75 Å². The van der Waals surface area contributed by atoms with Gasteiger partial charge >= 0.3 is 5.97 Å². The minimum Gasteiger partial charge on any atom is -0.507 e. The quantitative estimate of drug-likeness (QED) is 0.256. The Bertz CT molecular complexity index is 587. The van der Waals surface area contributed by atoms with E-state index in [-0.39, 0.29) is 11.3 Å². The van der Waals surface area contributed by atoms with E-state index in [1.807, 2.05) is 0 Å². The molecule has 0 spiro atoms. The number of carboxylic acid groups (broad SMARTS) is 1. The van der Waals surface area contributed by atoms with Gasteiger partial charge in [-0.15, -0.1) is 0 Å². The number of hydrogen-bond donors (Lipinski definition) is 2. The molecule has 0 fully saturated rings. The zero-order valence-corrected chi connectivity index (χ0v) is 16.8. The van der Waals surface area contributed by atoms with Crippen LogP contribution in [0.15, 0.2) is 42.5 Å². The molecular formula is C24H36O3. The first-order valence-corrected chi connectivity index (χ1v) is 10.5. The van der Waals surface area contributed by atoms with E-state index in [4.69, 9.17) is 0 Å². The van der Waals surface area contributed by atoms with Gasteiger partial charge in [-0.2, -0.15) is 0 Å². The zero-order valence-electron chi connectivity index (χ0n) is 16.8. The molecule has 0 aliphatic heterocycles. The summed E-state index contributed by atoms with van der Waals surface area (Å²) in [4.78, 5) is 11.2. The fourth-order valence-electron chi connectivity index (χ4n) is 3.19. The molecule has 0 heterocycles. The second kappa shape index (κ2) is 15.1. The van der Waals surface area contributed by atoms with Gasteiger partial charge < -0.3 is 10.2 Å². The number of carbonyl (C=O) groups is 1. The summed E-state index contributed by atoms with van der Waals surface area (Å²) in [6.07, 6.45) is 22.8. The number of aromatic hydroxyl groups is 1. The molecule has 2 N–H and O–H groups in total. The van der Waals surface area contributed by atoms with Crippen molar-refractivity contribution < 1.29 is 15.0 Å². The molecule has 0 aliphatic carbocycles. The average molecular weight is 373 g/mol. The third-order valence-corrected chi connectivity index (χ3v) is 4.77. The average Bonchev–Trinajstić information content (AvgIpc) is 2.64. The smallest absolute Gasteiger partial charge is 0.339 e. The number of aryl methyl sites for hydroxylation is 1. The van der Waals surface area contributed by atoms with Crippen molar-refractivity contribution in [1.82, 2.24) is 0 Å². The highest BCUT2D eigenvalue weighted by Gasteiger charge is 2.14. The fraction of sp³-hybridized carbons (Fsp3) is 0.542. The van der Waals surface area contributed by atoms with Crippen LogP contribution in [0.5, 0.6) is 5.75 Å². The van der Waals surface area contributed by atoms with Gasteiger partial charge in [0, 0.05) is 0 Å². The highest BCUT2D eigenvalue weighted by atomic mass is 16.4. The van der Waals surface area contributed by atoms with Gasteiger partial charge in [0.25, 0.3) is 0 Å². The lowest BCUT2D eigenvalue weighted by Gasteiger charge is -2.07. The Morgan fingerprint density at radius 3 is 2.11 bits per heavy atom. The van der Waals surface area contributed by atoms with Crippen LogP contribution in [0.1, 0.15) is 93.5 Å². The Morgan fingerprint density at radius 1 is 0.889 bits per heavy atom. The first-order chi connectivity index (χ1) is 13.2. The maximum atomic E-state index is 11.2. The SMILES string of the molecule is CCCCCCC=CC=CCCCCCCCc1cccc(O)c1C(=O)O. The topological polar surface area (TPSA) is 57.5 Å². The Balaban J connectivity index is 2.05. The number of benzene rings is 1. The highest BCUT2D eigenvalue weighted by molar-refractivity contribution is 5.92. The number of aromatic carboxylic acids is 1. The van der Waals surface area contributed by atoms with Crippen LogP contribution in [0.3, 0.4) is 0 Å². The Morgan fingerprint density at radius 2 is 1.48 bits per heavy atom. The van der Waals surface area contributed by atoms with Gasteiger partial charge in [0.2, 0.25) is 0 Å². The number of phenols is 1. The number of allylic oxidation sites excluding steroid dienone is 4. The predicted octanol–water partition coefficient (Wildman–Crippen LogP) is 7.06. The molecule has 0 atom stereocenters. The lowest BCUT2D eigenvalue weighted by molar-refractivity contribution is 0.0692. The third kappa shape index (κ3) is 10.6. The van der Waals surface area contributed by atoms with Crippen LogP contribution in [-0.4, -0.2) is 16.2 Å². The Hall–Kier alpha value is -2.03.